The summed E-state index contributed by atoms with van der Waals surface area (Å²) in [4.78, 5) is 12.8. The molecule has 0 atom stereocenters. The summed E-state index contributed by atoms with van der Waals surface area (Å²) in [5, 5.41) is 0. The van der Waals surface area contributed by atoms with Gasteiger partial charge in [-0.25, -0.2) is 8.42 Å². The van der Waals surface area contributed by atoms with E-state index in [9.17, 15) is 26.4 Å². The first-order valence-electron chi connectivity index (χ1n) is 8.36. The zero-order chi connectivity index (χ0) is 20.7. The number of halogens is 3. The molecule has 0 unspecified atom stereocenters. The lowest BCUT2D eigenvalue weighted by atomic mass is 9.91. The summed E-state index contributed by atoms with van der Waals surface area (Å²) in [6.45, 7) is 3.10. The van der Waals surface area contributed by atoms with Gasteiger partial charge in [0.25, 0.3) is 0 Å². The fourth-order valence-corrected chi connectivity index (χ4v) is 3.49. The van der Waals surface area contributed by atoms with Crippen molar-refractivity contribution >= 4 is 27.8 Å². The van der Waals surface area contributed by atoms with Crippen LogP contribution in [0.5, 0.6) is 0 Å². The monoisotopic (exact) mass is 410 g/mol. The molecule has 1 heterocycles. The third-order valence-electron chi connectivity index (χ3n) is 4.36. The molecular weight excluding hydrogens is 393 g/mol. The average molecular weight is 410 g/mol. The van der Waals surface area contributed by atoms with E-state index in [1.54, 1.807) is 38.1 Å². The van der Waals surface area contributed by atoms with Crippen LogP contribution in [0.3, 0.4) is 0 Å². The number of hydrogen-bond acceptors (Lipinski definition) is 4. The van der Waals surface area contributed by atoms with Gasteiger partial charge in [0.2, 0.25) is 5.78 Å². The number of ether oxygens (including phenoxy) is 1. The van der Waals surface area contributed by atoms with E-state index in [1.807, 2.05) is 0 Å². The molecule has 0 saturated heterocycles. The smallest absolute Gasteiger partial charge is 0.416 e. The van der Waals surface area contributed by atoms with Crippen LogP contribution in [0.1, 0.15) is 36.1 Å². The summed E-state index contributed by atoms with van der Waals surface area (Å²) >= 11 is 0. The molecule has 3 rings (SSSR count). The maximum Gasteiger partial charge on any atom is 0.416 e. The summed E-state index contributed by atoms with van der Waals surface area (Å²) in [6.07, 6.45) is -4.54. The van der Waals surface area contributed by atoms with Crippen molar-refractivity contribution in [2.75, 3.05) is 0 Å². The van der Waals surface area contributed by atoms with Crippen LogP contribution in [-0.2, 0) is 32.2 Å². The van der Waals surface area contributed by atoms with Gasteiger partial charge in [0.1, 0.15) is 16.5 Å². The Morgan fingerprint density at radius 2 is 1.64 bits per heavy atom. The van der Waals surface area contributed by atoms with Crippen molar-refractivity contribution in [1.29, 1.82) is 0 Å². The van der Waals surface area contributed by atoms with Crippen molar-refractivity contribution in [2.24, 2.45) is 0 Å². The van der Waals surface area contributed by atoms with Crippen LogP contribution < -0.4 is 0 Å². The summed E-state index contributed by atoms with van der Waals surface area (Å²) < 4.78 is 66.8. The molecule has 4 nitrogen and oxygen atoms in total. The van der Waals surface area contributed by atoms with Gasteiger partial charge in [-0.1, -0.05) is 36.4 Å². The lowest BCUT2D eigenvalue weighted by Crippen LogP contribution is -2.29. The third kappa shape index (κ3) is 3.96. The van der Waals surface area contributed by atoms with E-state index in [-0.39, 0.29) is 22.6 Å². The van der Waals surface area contributed by atoms with Crippen molar-refractivity contribution in [3.8, 4) is 0 Å². The van der Waals surface area contributed by atoms with Gasteiger partial charge >= 0.3 is 6.18 Å². The molecule has 0 aromatic heterocycles. The van der Waals surface area contributed by atoms with Crippen LogP contribution in [0.2, 0.25) is 0 Å². The highest BCUT2D eigenvalue weighted by molar-refractivity contribution is 7.71. The molecule has 0 bridgehead atoms. The molecule has 2 aromatic carbocycles. The van der Waals surface area contributed by atoms with E-state index in [2.05, 4.69) is 0 Å². The normalized spacial score (nSPS) is 16.6. The second-order valence-electron chi connectivity index (χ2n) is 6.91. The van der Waals surface area contributed by atoms with Crippen LogP contribution >= 0.6 is 0 Å². The average Bonchev–Trinajstić information content (AvgIpc) is 2.84. The predicted octanol–water partition coefficient (Wildman–Crippen LogP) is 4.06. The van der Waals surface area contributed by atoms with Gasteiger partial charge in [0.15, 0.2) is 5.60 Å². The fourth-order valence-electron chi connectivity index (χ4n) is 2.98. The van der Waals surface area contributed by atoms with Gasteiger partial charge in [-0.3, -0.25) is 4.79 Å². The minimum atomic E-state index is -4.54. The second-order valence-corrected chi connectivity index (χ2v) is 7.89. The molecule has 0 fully saturated rings. The van der Waals surface area contributed by atoms with E-state index >= 15 is 0 Å². The Balaban J connectivity index is 2.12. The van der Waals surface area contributed by atoms with E-state index in [0.29, 0.717) is 11.1 Å². The first-order valence-corrected chi connectivity index (χ1v) is 9.72. The predicted molar refractivity (Wildman–Crippen MR) is 98.9 cm³/mol. The molecule has 0 amide bonds. The van der Waals surface area contributed by atoms with Crippen molar-refractivity contribution in [1.82, 2.24) is 0 Å². The molecule has 0 aliphatic carbocycles. The van der Waals surface area contributed by atoms with Gasteiger partial charge in [-0.2, -0.15) is 13.2 Å². The van der Waals surface area contributed by atoms with Gasteiger partial charge in [0, 0.05) is 5.56 Å². The number of Topliss-reactive ketones (excluding diaryl/α,β-unsaturated/α-hetero) is 1. The van der Waals surface area contributed by atoms with Crippen LogP contribution in [0.25, 0.3) is 11.3 Å². The lowest BCUT2D eigenvalue weighted by Gasteiger charge is -2.18. The van der Waals surface area contributed by atoms with Crippen molar-refractivity contribution < 1.29 is 31.1 Å². The molecule has 1 aliphatic rings. The van der Waals surface area contributed by atoms with Crippen molar-refractivity contribution in [2.45, 2.75) is 31.4 Å². The highest BCUT2D eigenvalue weighted by atomic mass is 32.2. The number of carbonyl (C=O) groups is 1. The number of thiol groups is 1. The summed E-state index contributed by atoms with van der Waals surface area (Å²) in [6, 6.07) is 10.9. The van der Waals surface area contributed by atoms with E-state index < -0.39 is 33.8 Å². The molecule has 0 radical (unpaired) electrons. The minimum absolute atomic E-state index is 0.0683. The largest absolute Gasteiger partial charge is 0.478 e. The van der Waals surface area contributed by atoms with Crippen LogP contribution in [-0.4, -0.2) is 19.8 Å². The van der Waals surface area contributed by atoms with Gasteiger partial charge in [-0.05, 0) is 37.1 Å². The zero-order valence-corrected chi connectivity index (χ0v) is 15.9. The van der Waals surface area contributed by atoms with E-state index in [1.165, 1.54) is 12.1 Å². The highest BCUT2D eigenvalue weighted by Crippen LogP contribution is 2.42. The summed E-state index contributed by atoms with van der Waals surface area (Å²) in [7, 11) is -2.58. The Kier molecular flexibility index (Phi) is 5.10. The zero-order valence-electron chi connectivity index (χ0n) is 15.0. The standard InChI is InChI=1S/C20H17F3O4S/c1-19(2)18(24)16(14-4-3-5-15(10-14)20(21,22)23)17(27-19)13-8-6-12(7-9-13)11-28(25)26/h3-10,28H,11H2,1-2H3. The molecule has 28 heavy (non-hydrogen) atoms. The summed E-state index contributed by atoms with van der Waals surface area (Å²) in [5.74, 6) is -0.374. The van der Waals surface area contributed by atoms with Crippen molar-refractivity contribution in [3.63, 3.8) is 0 Å². The first-order chi connectivity index (χ1) is 13.0. The molecule has 0 spiro atoms. The Bertz CT molecular complexity index is 1020. The molecule has 8 heteroatoms. The lowest BCUT2D eigenvalue weighted by molar-refractivity contribution is -0.137. The second kappa shape index (κ2) is 7.09. The summed E-state index contributed by atoms with van der Waals surface area (Å²) in [5.41, 5.74) is -0.855. The van der Waals surface area contributed by atoms with E-state index in [0.717, 1.165) is 12.1 Å². The Morgan fingerprint density at radius 3 is 2.21 bits per heavy atom. The quantitative estimate of drug-likeness (QED) is 0.773. The molecule has 2 aromatic rings. The SMILES string of the molecule is CC1(C)OC(c2ccc(C[SH](=O)=O)cc2)=C(c2cccc(C(F)(F)F)c2)C1=O. The highest BCUT2D eigenvalue weighted by Gasteiger charge is 2.43. The van der Waals surface area contributed by atoms with Crippen LogP contribution in [0.4, 0.5) is 13.2 Å². The van der Waals surface area contributed by atoms with E-state index in [4.69, 9.17) is 4.74 Å². The fraction of sp³-hybridized carbons (Fsp3) is 0.250. The molecule has 148 valence electrons. The third-order valence-corrected chi connectivity index (χ3v) is 4.99. The minimum Gasteiger partial charge on any atom is -0.478 e. The van der Waals surface area contributed by atoms with Gasteiger partial charge < -0.3 is 4.74 Å². The van der Waals surface area contributed by atoms with Crippen LogP contribution in [0, 0.1) is 0 Å². The maximum absolute atomic E-state index is 13.1. The number of ketones is 1. The number of alkyl halides is 3. The maximum atomic E-state index is 13.1. The van der Waals surface area contributed by atoms with Gasteiger partial charge in [-0.15, -0.1) is 0 Å². The number of benzene rings is 2. The van der Waals surface area contributed by atoms with Crippen molar-refractivity contribution in [3.05, 3.63) is 70.8 Å². The Hall–Kier alpha value is -2.61. The van der Waals surface area contributed by atoms with Crippen LogP contribution in [0.15, 0.2) is 48.5 Å². The first kappa shape index (κ1) is 20.1. The topological polar surface area (TPSA) is 60.4 Å². The molecular formula is C20H17F3O4S. The van der Waals surface area contributed by atoms with Gasteiger partial charge in [0.05, 0.1) is 16.9 Å². The molecule has 1 aliphatic heterocycles. The Morgan fingerprint density at radius 1 is 1.00 bits per heavy atom. The number of rotatable bonds is 4. The number of hydrogen-bond donors (Lipinski definition) is 1. The molecule has 0 N–H and O–H groups in total. The number of carbonyl (C=O) groups excluding carboxylic acids is 1. The Labute approximate surface area is 161 Å². The molecule has 0 saturated carbocycles.